The van der Waals surface area contributed by atoms with E-state index in [2.05, 4.69) is 10.3 Å². The fraction of sp³-hybridized carbons (Fsp3) is 0.267. The van der Waals surface area contributed by atoms with Crippen molar-refractivity contribution in [2.45, 2.75) is 19.9 Å². The van der Waals surface area contributed by atoms with Crippen LogP contribution in [-0.2, 0) is 17.8 Å². The highest BCUT2D eigenvalue weighted by Gasteiger charge is 2.25. The fourth-order valence-corrected chi connectivity index (χ4v) is 3.55. The molecule has 0 unspecified atom stereocenters. The Morgan fingerprint density at radius 1 is 1.33 bits per heavy atom. The fourth-order valence-electron chi connectivity index (χ4n) is 2.48. The van der Waals surface area contributed by atoms with Gasteiger partial charge in [-0.2, -0.15) is 0 Å². The Bertz CT molecular complexity index is 815. The van der Waals surface area contributed by atoms with Crippen molar-refractivity contribution >= 4 is 34.0 Å². The van der Waals surface area contributed by atoms with Gasteiger partial charge in [-0.15, -0.1) is 0 Å². The van der Waals surface area contributed by atoms with Crippen molar-refractivity contribution in [2.24, 2.45) is 0 Å². The quantitative estimate of drug-likeness (QED) is 0.677. The normalized spacial score (nSPS) is 13.3. The van der Waals surface area contributed by atoms with Crippen molar-refractivity contribution in [3.63, 3.8) is 0 Å². The summed E-state index contributed by atoms with van der Waals surface area (Å²) >= 11 is 1.36. The molecule has 0 aliphatic carbocycles. The number of benzene rings is 1. The van der Waals surface area contributed by atoms with Crippen molar-refractivity contribution in [2.75, 3.05) is 11.9 Å². The van der Waals surface area contributed by atoms with Crippen LogP contribution >= 0.6 is 11.3 Å². The van der Waals surface area contributed by atoms with Gasteiger partial charge < -0.3 is 10.2 Å². The van der Waals surface area contributed by atoms with E-state index in [1.54, 1.807) is 4.90 Å². The minimum absolute atomic E-state index is 0.0464. The first-order chi connectivity index (χ1) is 11.4. The molecular weight excluding hydrogens is 332 g/mol. The van der Waals surface area contributed by atoms with Gasteiger partial charge in [-0.1, -0.05) is 11.3 Å². The molecule has 24 heavy (non-hydrogen) atoms. The highest BCUT2D eigenvalue weighted by Crippen LogP contribution is 2.29. The zero-order chi connectivity index (χ0) is 17.3. The first-order valence-corrected chi connectivity index (χ1v) is 8.05. The summed E-state index contributed by atoms with van der Waals surface area (Å²) in [6.07, 6.45) is 0.615. The van der Waals surface area contributed by atoms with Gasteiger partial charge >= 0.3 is 0 Å². The third-order valence-electron chi connectivity index (χ3n) is 3.63. The van der Waals surface area contributed by atoms with Crippen LogP contribution in [0.2, 0.25) is 0 Å². The van der Waals surface area contributed by atoms with Crippen LogP contribution in [0.25, 0.3) is 0 Å². The molecule has 0 saturated carbocycles. The molecule has 0 fully saturated rings. The second-order valence-corrected chi connectivity index (χ2v) is 6.43. The zero-order valence-electron chi connectivity index (χ0n) is 12.8. The molecule has 1 aliphatic rings. The Kier molecular flexibility index (Phi) is 4.26. The highest BCUT2D eigenvalue weighted by atomic mass is 32.1. The Hall–Kier alpha value is -2.81. The Morgan fingerprint density at radius 3 is 2.67 bits per heavy atom. The van der Waals surface area contributed by atoms with E-state index in [0.717, 1.165) is 10.6 Å². The number of carbonyl (C=O) groups is 2. The average Bonchev–Trinajstić information content (AvgIpc) is 2.94. The molecule has 1 aliphatic heterocycles. The number of nitrogens with one attached hydrogen (secondary N) is 1. The standard InChI is InChI=1S/C15H14N4O4S/c1-9(20)16-15-17-12-6-7-18(8-13(12)24-15)14(21)10-2-4-11(5-3-10)19(22)23/h2-5H,6-8H2,1H3,(H,16,17,20). The molecule has 2 aromatic rings. The van der Waals surface area contributed by atoms with Gasteiger partial charge in [0.2, 0.25) is 5.91 Å². The van der Waals surface area contributed by atoms with Gasteiger partial charge in [0, 0.05) is 42.5 Å². The number of rotatable bonds is 3. The van der Waals surface area contributed by atoms with Crippen LogP contribution in [0.15, 0.2) is 24.3 Å². The van der Waals surface area contributed by atoms with Crippen molar-refractivity contribution in [1.29, 1.82) is 0 Å². The van der Waals surface area contributed by atoms with Crippen LogP contribution in [-0.4, -0.2) is 33.2 Å². The van der Waals surface area contributed by atoms with E-state index in [1.807, 2.05) is 0 Å². The van der Waals surface area contributed by atoms with Crippen LogP contribution in [0, 0.1) is 10.1 Å². The highest BCUT2D eigenvalue weighted by molar-refractivity contribution is 7.15. The summed E-state index contributed by atoms with van der Waals surface area (Å²) in [5.41, 5.74) is 1.27. The van der Waals surface area contributed by atoms with Crippen molar-refractivity contribution < 1.29 is 14.5 Å². The van der Waals surface area contributed by atoms with Crippen LogP contribution in [0.3, 0.4) is 0 Å². The SMILES string of the molecule is CC(=O)Nc1nc2c(s1)CN(C(=O)c1ccc([N+](=O)[O-])cc1)CC2. The first-order valence-electron chi connectivity index (χ1n) is 7.24. The number of aromatic nitrogens is 1. The molecule has 0 saturated heterocycles. The number of nitro groups is 1. The first kappa shape index (κ1) is 16.1. The van der Waals surface area contributed by atoms with Crippen molar-refractivity contribution in [3.05, 3.63) is 50.5 Å². The third-order valence-corrected chi connectivity index (χ3v) is 4.62. The number of anilines is 1. The van der Waals surface area contributed by atoms with E-state index in [9.17, 15) is 19.7 Å². The number of amides is 2. The maximum atomic E-state index is 12.5. The molecule has 2 amide bonds. The second kappa shape index (κ2) is 6.36. The Morgan fingerprint density at radius 2 is 2.04 bits per heavy atom. The summed E-state index contributed by atoms with van der Waals surface area (Å²) in [7, 11) is 0. The average molecular weight is 346 g/mol. The molecule has 0 spiro atoms. The molecule has 1 aromatic heterocycles. The molecule has 3 rings (SSSR count). The van der Waals surface area contributed by atoms with E-state index in [0.29, 0.717) is 30.2 Å². The smallest absolute Gasteiger partial charge is 0.269 e. The lowest BCUT2D eigenvalue weighted by Crippen LogP contribution is -2.35. The topological polar surface area (TPSA) is 105 Å². The van der Waals surface area contributed by atoms with E-state index in [1.165, 1.54) is 42.5 Å². The van der Waals surface area contributed by atoms with Gasteiger partial charge in [-0.3, -0.25) is 19.7 Å². The maximum Gasteiger partial charge on any atom is 0.269 e. The second-order valence-electron chi connectivity index (χ2n) is 5.35. The molecule has 0 radical (unpaired) electrons. The summed E-state index contributed by atoms with van der Waals surface area (Å²) < 4.78 is 0. The Balaban J connectivity index is 1.74. The number of hydrogen-bond acceptors (Lipinski definition) is 6. The van der Waals surface area contributed by atoms with Crippen LogP contribution in [0.1, 0.15) is 27.9 Å². The molecule has 0 atom stereocenters. The molecule has 2 heterocycles. The van der Waals surface area contributed by atoms with E-state index in [-0.39, 0.29) is 17.5 Å². The third kappa shape index (κ3) is 3.25. The zero-order valence-corrected chi connectivity index (χ0v) is 13.6. The predicted molar refractivity (Wildman–Crippen MR) is 88.0 cm³/mol. The number of non-ortho nitro benzene ring substituents is 1. The number of nitro benzene ring substituents is 1. The predicted octanol–water partition coefficient (Wildman–Crippen LogP) is 2.21. The van der Waals surface area contributed by atoms with E-state index in [4.69, 9.17) is 0 Å². The minimum atomic E-state index is -0.498. The minimum Gasteiger partial charge on any atom is -0.333 e. The van der Waals surface area contributed by atoms with E-state index >= 15 is 0 Å². The van der Waals surface area contributed by atoms with Crippen molar-refractivity contribution in [3.8, 4) is 0 Å². The van der Waals surface area contributed by atoms with Gasteiger partial charge in [0.15, 0.2) is 5.13 Å². The number of hydrogen-bond donors (Lipinski definition) is 1. The molecule has 0 bridgehead atoms. The monoisotopic (exact) mass is 346 g/mol. The molecule has 8 nitrogen and oxygen atoms in total. The number of fused-ring (bicyclic) bond motifs is 1. The van der Waals surface area contributed by atoms with Gasteiger partial charge in [-0.05, 0) is 12.1 Å². The number of nitrogens with zero attached hydrogens (tertiary/aromatic N) is 3. The van der Waals surface area contributed by atoms with Crippen molar-refractivity contribution in [1.82, 2.24) is 9.88 Å². The molecular formula is C15H14N4O4S. The summed E-state index contributed by atoms with van der Waals surface area (Å²) in [4.78, 5) is 40.8. The van der Waals surface area contributed by atoms with Gasteiger partial charge in [0.25, 0.3) is 11.6 Å². The largest absolute Gasteiger partial charge is 0.333 e. The van der Waals surface area contributed by atoms with Crippen LogP contribution in [0.4, 0.5) is 10.8 Å². The number of carbonyl (C=O) groups excluding carboxylic acids is 2. The summed E-state index contributed by atoms with van der Waals surface area (Å²) in [5.74, 6) is -0.357. The van der Waals surface area contributed by atoms with Crippen LogP contribution in [0.5, 0.6) is 0 Å². The summed E-state index contributed by atoms with van der Waals surface area (Å²) in [6, 6.07) is 5.57. The number of thiazole rings is 1. The Labute approximate surface area is 141 Å². The van der Waals surface area contributed by atoms with Gasteiger partial charge in [0.1, 0.15) is 0 Å². The lowest BCUT2D eigenvalue weighted by Gasteiger charge is -2.26. The molecule has 1 aromatic carbocycles. The molecule has 1 N–H and O–H groups in total. The lowest BCUT2D eigenvalue weighted by molar-refractivity contribution is -0.384. The van der Waals surface area contributed by atoms with Gasteiger partial charge in [0.05, 0.1) is 17.2 Å². The maximum absolute atomic E-state index is 12.5. The molecule has 124 valence electrons. The lowest BCUT2D eigenvalue weighted by atomic mass is 10.1. The van der Waals surface area contributed by atoms with E-state index < -0.39 is 4.92 Å². The van der Waals surface area contributed by atoms with Crippen LogP contribution < -0.4 is 5.32 Å². The molecule has 9 heteroatoms. The summed E-state index contributed by atoms with van der Waals surface area (Å²) in [5, 5.41) is 13.9. The summed E-state index contributed by atoms with van der Waals surface area (Å²) in [6.45, 7) is 2.36. The van der Waals surface area contributed by atoms with Gasteiger partial charge in [-0.25, -0.2) is 4.98 Å².